The minimum atomic E-state index is 0.0674. The predicted octanol–water partition coefficient (Wildman–Crippen LogP) is 1.59. The Morgan fingerprint density at radius 1 is 1.00 bits per heavy atom. The Morgan fingerprint density at radius 3 is 2.28 bits per heavy atom. The Hall–Kier alpha value is -2.01. The number of rotatable bonds is 4. The highest BCUT2D eigenvalue weighted by Gasteiger charge is 2.01. The molecule has 0 spiro atoms. The van der Waals surface area contributed by atoms with Gasteiger partial charge in [-0.15, -0.1) is 5.10 Å². The average molecular weight is 244 g/mol. The number of aliphatic hydroxyl groups is 1. The highest BCUT2D eigenvalue weighted by molar-refractivity contribution is 5.29. The molecule has 0 radical (unpaired) electrons. The molecule has 2 N–H and O–H groups in total. The number of aryl methyl sites for hydroxylation is 2. The van der Waals surface area contributed by atoms with Crippen molar-refractivity contribution < 1.29 is 5.11 Å². The van der Waals surface area contributed by atoms with Gasteiger partial charge in [-0.3, -0.25) is 0 Å². The molecule has 0 aliphatic rings. The summed E-state index contributed by atoms with van der Waals surface area (Å²) in [5.74, 6) is 0.532. The van der Waals surface area contributed by atoms with Crippen molar-refractivity contribution in [3.05, 3.63) is 46.8 Å². The van der Waals surface area contributed by atoms with Gasteiger partial charge >= 0.3 is 0 Å². The number of nitrogens with zero attached hydrogens (tertiary/aromatic N) is 3. The first-order chi connectivity index (χ1) is 8.69. The van der Waals surface area contributed by atoms with Crippen molar-refractivity contribution in [2.75, 3.05) is 5.32 Å². The van der Waals surface area contributed by atoms with Crippen molar-refractivity contribution >= 4 is 5.95 Å². The van der Waals surface area contributed by atoms with Crippen molar-refractivity contribution in [2.24, 2.45) is 0 Å². The third kappa shape index (κ3) is 3.01. The molecule has 0 saturated heterocycles. The summed E-state index contributed by atoms with van der Waals surface area (Å²) < 4.78 is 0. The van der Waals surface area contributed by atoms with E-state index in [0.29, 0.717) is 12.5 Å². The summed E-state index contributed by atoms with van der Waals surface area (Å²) in [5, 5.41) is 20.1. The van der Waals surface area contributed by atoms with E-state index in [-0.39, 0.29) is 6.61 Å². The van der Waals surface area contributed by atoms with E-state index in [1.807, 2.05) is 38.1 Å². The first kappa shape index (κ1) is 12.4. The van der Waals surface area contributed by atoms with Crippen LogP contribution in [0.3, 0.4) is 0 Å². The van der Waals surface area contributed by atoms with Gasteiger partial charge in [0.1, 0.15) is 0 Å². The van der Waals surface area contributed by atoms with Gasteiger partial charge in [-0.05, 0) is 25.0 Å². The topological polar surface area (TPSA) is 70.9 Å². The summed E-state index contributed by atoms with van der Waals surface area (Å²) in [5.41, 5.74) is 3.73. The van der Waals surface area contributed by atoms with Gasteiger partial charge < -0.3 is 10.4 Å². The summed E-state index contributed by atoms with van der Waals surface area (Å²) in [7, 11) is 0. The van der Waals surface area contributed by atoms with Crippen LogP contribution in [-0.4, -0.2) is 20.3 Å². The van der Waals surface area contributed by atoms with Gasteiger partial charge in [0.05, 0.1) is 18.0 Å². The van der Waals surface area contributed by atoms with Gasteiger partial charge in [0, 0.05) is 6.54 Å². The molecular formula is C13H16N4O. The van der Waals surface area contributed by atoms with E-state index in [1.165, 1.54) is 0 Å². The Bertz CT molecular complexity index is 525. The third-order valence-electron chi connectivity index (χ3n) is 2.75. The zero-order valence-electron chi connectivity index (χ0n) is 10.5. The highest BCUT2D eigenvalue weighted by atomic mass is 16.3. The monoisotopic (exact) mass is 244 g/mol. The van der Waals surface area contributed by atoms with E-state index in [9.17, 15) is 0 Å². The molecule has 5 nitrogen and oxygen atoms in total. The second-order valence-electron chi connectivity index (χ2n) is 4.13. The van der Waals surface area contributed by atoms with Crippen molar-refractivity contribution in [3.8, 4) is 0 Å². The number of hydrogen-bond donors (Lipinski definition) is 2. The first-order valence-electron chi connectivity index (χ1n) is 5.79. The van der Waals surface area contributed by atoms with E-state index < -0.39 is 0 Å². The number of aromatic nitrogens is 3. The highest BCUT2D eigenvalue weighted by Crippen LogP contribution is 2.07. The lowest BCUT2D eigenvalue weighted by atomic mass is 10.1. The zero-order valence-corrected chi connectivity index (χ0v) is 10.5. The minimum Gasteiger partial charge on any atom is -0.392 e. The van der Waals surface area contributed by atoms with Gasteiger partial charge in [0.25, 0.3) is 0 Å². The summed E-state index contributed by atoms with van der Waals surface area (Å²) in [6.45, 7) is 4.49. The number of benzene rings is 1. The molecule has 0 bridgehead atoms. The van der Waals surface area contributed by atoms with E-state index in [0.717, 1.165) is 22.5 Å². The molecule has 18 heavy (non-hydrogen) atoms. The number of nitrogens with one attached hydrogen (secondary N) is 1. The molecule has 0 atom stereocenters. The fourth-order valence-electron chi connectivity index (χ4n) is 1.48. The van der Waals surface area contributed by atoms with E-state index in [2.05, 4.69) is 20.5 Å². The summed E-state index contributed by atoms with van der Waals surface area (Å²) in [4.78, 5) is 4.30. The molecule has 0 saturated carbocycles. The molecule has 0 aliphatic carbocycles. The normalized spacial score (nSPS) is 10.4. The summed E-state index contributed by atoms with van der Waals surface area (Å²) >= 11 is 0. The molecule has 1 aromatic carbocycles. The van der Waals surface area contributed by atoms with Gasteiger partial charge in [-0.2, -0.15) is 5.10 Å². The number of hydrogen-bond acceptors (Lipinski definition) is 5. The van der Waals surface area contributed by atoms with Crippen LogP contribution in [0.15, 0.2) is 24.3 Å². The fourth-order valence-corrected chi connectivity index (χ4v) is 1.48. The zero-order chi connectivity index (χ0) is 13.0. The third-order valence-corrected chi connectivity index (χ3v) is 2.75. The SMILES string of the molecule is Cc1nnc(NCc2ccc(CO)cc2)nc1C. The molecule has 2 rings (SSSR count). The summed E-state index contributed by atoms with van der Waals surface area (Å²) in [6.07, 6.45) is 0. The molecule has 5 heteroatoms. The van der Waals surface area contributed by atoms with E-state index >= 15 is 0 Å². The molecule has 1 aromatic heterocycles. The summed E-state index contributed by atoms with van der Waals surface area (Å²) in [6, 6.07) is 7.73. The van der Waals surface area contributed by atoms with Crippen molar-refractivity contribution in [1.82, 2.24) is 15.2 Å². The number of aliphatic hydroxyl groups excluding tert-OH is 1. The second-order valence-corrected chi connectivity index (χ2v) is 4.13. The van der Waals surface area contributed by atoms with Crippen LogP contribution >= 0.6 is 0 Å². The maximum atomic E-state index is 8.95. The molecule has 1 heterocycles. The standard InChI is InChI=1S/C13H16N4O/c1-9-10(2)16-17-13(15-9)14-7-11-3-5-12(8-18)6-4-11/h3-6,18H,7-8H2,1-2H3,(H,14,15,17). The van der Waals surface area contributed by atoms with Crippen molar-refractivity contribution in [3.63, 3.8) is 0 Å². The quantitative estimate of drug-likeness (QED) is 0.854. The fraction of sp³-hybridized carbons (Fsp3) is 0.308. The lowest BCUT2D eigenvalue weighted by Gasteiger charge is -2.06. The molecule has 94 valence electrons. The van der Waals surface area contributed by atoms with Gasteiger partial charge in [0.2, 0.25) is 5.95 Å². The Kier molecular flexibility index (Phi) is 3.84. The van der Waals surface area contributed by atoms with E-state index in [4.69, 9.17) is 5.11 Å². The van der Waals surface area contributed by atoms with Crippen LogP contribution in [0.5, 0.6) is 0 Å². The van der Waals surface area contributed by atoms with Crippen LogP contribution in [0.2, 0.25) is 0 Å². The van der Waals surface area contributed by atoms with Crippen LogP contribution < -0.4 is 5.32 Å². The average Bonchev–Trinajstić information content (AvgIpc) is 2.41. The maximum Gasteiger partial charge on any atom is 0.243 e. The Labute approximate surface area is 106 Å². The van der Waals surface area contributed by atoms with E-state index in [1.54, 1.807) is 0 Å². The molecule has 0 aliphatic heterocycles. The van der Waals surface area contributed by atoms with Gasteiger partial charge in [-0.25, -0.2) is 4.98 Å². The Balaban J connectivity index is 1.99. The second kappa shape index (κ2) is 5.55. The van der Waals surface area contributed by atoms with Crippen molar-refractivity contribution in [2.45, 2.75) is 27.0 Å². The van der Waals surface area contributed by atoms with Crippen molar-refractivity contribution in [1.29, 1.82) is 0 Å². The van der Waals surface area contributed by atoms with Crippen LogP contribution in [0.4, 0.5) is 5.95 Å². The largest absolute Gasteiger partial charge is 0.392 e. The van der Waals surface area contributed by atoms with Crippen LogP contribution in [0.1, 0.15) is 22.5 Å². The minimum absolute atomic E-state index is 0.0674. The van der Waals surface area contributed by atoms with Crippen LogP contribution in [-0.2, 0) is 13.2 Å². The van der Waals surface area contributed by atoms with Crippen LogP contribution in [0, 0.1) is 13.8 Å². The Morgan fingerprint density at radius 2 is 1.67 bits per heavy atom. The molecular weight excluding hydrogens is 228 g/mol. The molecule has 0 fully saturated rings. The maximum absolute atomic E-state index is 8.95. The lowest BCUT2D eigenvalue weighted by Crippen LogP contribution is -2.07. The molecule has 0 amide bonds. The number of anilines is 1. The van der Waals surface area contributed by atoms with Gasteiger partial charge in [0.15, 0.2) is 0 Å². The first-order valence-corrected chi connectivity index (χ1v) is 5.79. The van der Waals surface area contributed by atoms with Crippen LogP contribution in [0.25, 0.3) is 0 Å². The molecule has 2 aromatic rings. The molecule has 0 unspecified atom stereocenters. The van der Waals surface area contributed by atoms with Gasteiger partial charge in [-0.1, -0.05) is 24.3 Å². The smallest absolute Gasteiger partial charge is 0.243 e. The lowest BCUT2D eigenvalue weighted by molar-refractivity contribution is 0.282. The predicted molar refractivity (Wildman–Crippen MR) is 69.0 cm³/mol.